The van der Waals surface area contributed by atoms with Crippen LogP contribution in [0.5, 0.6) is 0 Å². The van der Waals surface area contributed by atoms with E-state index in [9.17, 15) is 18.3 Å². The summed E-state index contributed by atoms with van der Waals surface area (Å²) < 4.78 is 38.0. The molecule has 124 valence electrons. The zero-order valence-corrected chi connectivity index (χ0v) is 12.9. The van der Waals surface area contributed by atoms with Crippen LogP contribution < -0.4 is 5.32 Å². The summed E-state index contributed by atoms with van der Waals surface area (Å²) in [4.78, 5) is 2.18. The van der Waals surface area contributed by atoms with Gasteiger partial charge in [-0.3, -0.25) is 0 Å². The van der Waals surface area contributed by atoms with Gasteiger partial charge in [-0.25, -0.2) is 0 Å². The average molecular weight is 337 g/mol. The number of benzene rings is 1. The fourth-order valence-electron chi connectivity index (χ4n) is 2.59. The van der Waals surface area contributed by atoms with Gasteiger partial charge in [0.2, 0.25) is 0 Å². The van der Waals surface area contributed by atoms with Gasteiger partial charge in [-0.15, -0.1) is 0 Å². The van der Waals surface area contributed by atoms with Gasteiger partial charge in [0, 0.05) is 24.7 Å². The normalized spacial score (nSPS) is 17.9. The zero-order valence-electron chi connectivity index (χ0n) is 12.2. The number of nitrogens with zero attached hydrogens (tertiary/aromatic N) is 1. The number of rotatable bonds is 6. The first-order valence-electron chi connectivity index (χ1n) is 7.33. The van der Waals surface area contributed by atoms with Crippen molar-refractivity contribution in [2.45, 2.75) is 31.7 Å². The topological polar surface area (TPSA) is 35.5 Å². The molecule has 1 heterocycles. The van der Waals surface area contributed by atoms with E-state index in [0.717, 1.165) is 38.1 Å². The summed E-state index contributed by atoms with van der Waals surface area (Å²) in [5.41, 5.74) is -0.337. The van der Waals surface area contributed by atoms with E-state index in [2.05, 4.69) is 10.2 Å². The van der Waals surface area contributed by atoms with Gasteiger partial charge < -0.3 is 15.3 Å². The van der Waals surface area contributed by atoms with Gasteiger partial charge in [0.15, 0.2) is 0 Å². The number of nitrogens with one attached hydrogen (secondary N) is 1. The summed E-state index contributed by atoms with van der Waals surface area (Å²) in [7, 11) is 0. The Labute approximate surface area is 133 Å². The number of aliphatic hydroxyl groups is 1. The molecule has 1 aliphatic rings. The second kappa shape index (κ2) is 7.64. The molecule has 1 saturated heterocycles. The van der Waals surface area contributed by atoms with Crippen molar-refractivity contribution in [1.82, 2.24) is 10.2 Å². The highest BCUT2D eigenvalue weighted by Crippen LogP contribution is 2.31. The molecule has 0 bridgehead atoms. The molecule has 1 aliphatic heterocycles. The third kappa shape index (κ3) is 5.12. The molecule has 3 nitrogen and oxygen atoms in total. The van der Waals surface area contributed by atoms with Gasteiger partial charge in [0.25, 0.3) is 0 Å². The minimum absolute atomic E-state index is 0.194. The molecule has 0 saturated carbocycles. The van der Waals surface area contributed by atoms with Gasteiger partial charge in [-0.2, -0.15) is 13.2 Å². The van der Waals surface area contributed by atoms with E-state index in [1.54, 1.807) is 0 Å². The summed E-state index contributed by atoms with van der Waals surface area (Å²) in [6.07, 6.45) is -2.61. The Bertz CT molecular complexity index is 490. The highest BCUT2D eigenvalue weighted by Gasteiger charge is 2.30. The van der Waals surface area contributed by atoms with Gasteiger partial charge >= 0.3 is 6.18 Å². The summed E-state index contributed by atoms with van der Waals surface area (Å²) in [5, 5.41) is 13.2. The van der Waals surface area contributed by atoms with Gasteiger partial charge in [0.1, 0.15) is 0 Å². The largest absolute Gasteiger partial charge is 0.416 e. The third-order valence-electron chi connectivity index (χ3n) is 3.74. The second-order valence-corrected chi connectivity index (χ2v) is 6.00. The van der Waals surface area contributed by atoms with Crippen LogP contribution in [0.3, 0.4) is 0 Å². The number of hydrogen-bond donors (Lipinski definition) is 2. The third-order valence-corrected chi connectivity index (χ3v) is 4.10. The van der Waals surface area contributed by atoms with E-state index in [4.69, 9.17) is 11.6 Å². The Morgan fingerprint density at radius 1 is 1.27 bits per heavy atom. The predicted octanol–water partition coefficient (Wildman–Crippen LogP) is 2.91. The molecule has 2 N–H and O–H groups in total. The molecule has 0 aliphatic carbocycles. The van der Waals surface area contributed by atoms with E-state index in [1.807, 2.05) is 0 Å². The maximum Gasteiger partial charge on any atom is 0.416 e. The molecule has 22 heavy (non-hydrogen) atoms. The van der Waals surface area contributed by atoms with Crippen LogP contribution in [-0.2, 0) is 12.7 Å². The summed E-state index contributed by atoms with van der Waals surface area (Å²) in [6.45, 7) is 3.10. The molecular formula is C15H20ClF3N2O. The Morgan fingerprint density at radius 3 is 2.59 bits per heavy atom. The quantitative estimate of drug-likeness (QED) is 0.838. The van der Waals surface area contributed by atoms with Crippen molar-refractivity contribution >= 4 is 11.6 Å². The van der Waals surface area contributed by atoms with Crippen molar-refractivity contribution in [2.75, 3.05) is 26.2 Å². The Hall–Kier alpha value is -0.820. The maximum absolute atomic E-state index is 12.7. The second-order valence-electron chi connectivity index (χ2n) is 5.60. The smallest absolute Gasteiger partial charge is 0.390 e. The Kier molecular flexibility index (Phi) is 6.09. The summed E-state index contributed by atoms with van der Waals surface area (Å²) in [5.74, 6) is 0. The lowest BCUT2D eigenvalue weighted by molar-refractivity contribution is -0.137. The van der Waals surface area contributed by atoms with Crippen molar-refractivity contribution < 1.29 is 18.3 Å². The molecule has 1 atom stereocenters. The fraction of sp³-hybridized carbons (Fsp3) is 0.600. The molecule has 1 fully saturated rings. The van der Waals surface area contributed by atoms with Gasteiger partial charge in [-0.05, 0) is 49.7 Å². The van der Waals surface area contributed by atoms with E-state index < -0.39 is 17.8 Å². The summed E-state index contributed by atoms with van der Waals surface area (Å²) >= 11 is 5.92. The number of hydrogen-bond acceptors (Lipinski definition) is 3. The van der Waals surface area contributed by atoms with E-state index in [1.165, 1.54) is 6.07 Å². The lowest BCUT2D eigenvalue weighted by Crippen LogP contribution is -2.36. The van der Waals surface area contributed by atoms with Gasteiger partial charge in [-0.1, -0.05) is 11.6 Å². The van der Waals surface area contributed by atoms with E-state index in [0.29, 0.717) is 18.7 Å². The van der Waals surface area contributed by atoms with Crippen molar-refractivity contribution in [1.29, 1.82) is 0 Å². The van der Waals surface area contributed by atoms with Crippen LogP contribution in [0.2, 0.25) is 5.02 Å². The van der Waals surface area contributed by atoms with Crippen LogP contribution in [0.15, 0.2) is 18.2 Å². The van der Waals surface area contributed by atoms with Crippen molar-refractivity contribution in [3.8, 4) is 0 Å². The summed E-state index contributed by atoms with van der Waals surface area (Å²) in [6, 6.07) is 3.26. The molecule has 0 radical (unpaired) electrons. The maximum atomic E-state index is 12.7. The SMILES string of the molecule is OC(CNCc1cc(C(F)(F)F)ccc1Cl)CN1CCCC1. The molecule has 0 aromatic heterocycles. The van der Waals surface area contributed by atoms with Crippen LogP contribution in [0, 0.1) is 0 Å². The van der Waals surface area contributed by atoms with Crippen molar-refractivity contribution in [3.05, 3.63) is 34.3 Å². The highest BCUT2D eigenvalue weighted by molar-refractivity contribution is 6.31. The number of likely N-dealkylation sites (tertiary alicyclic amines) is 1. The molecule has 0 amide bonds. The highest BCUT2D eigenvalue weighted by atomic mass is 35.5. The van der Waals surface area contributed by atoms with Crippen molar-refractivity contribution in [2.24, 2.45) is 0 Å². The van der Waals surface area contributed by atoms with Crippen LogP contribution in [0.25, 0.3) is 0 Å². The molecule has 1 unspecified atom stereocenters. The molecule has 1 aromatic carbocycles. The molecule has 0 spiro atoms. The van der Waals surface area contributed by atoms with Crippen LogP contribution in [-0.4, -0.2) is 42.3 Å². The average Bonchev–Trinajstić information content (AvgIpc) is 2.92. The number of aliphatic hydroxyl groups excluding tert-OH is 1. The van der Waals surface area contributed by atoms with E-state index >= 15 is 0 Å². The van der Waals surface area contributed by atoms with E-state index in [-0.39, 0.29) is 11.6 Å². The first-order valence-corrected chi connectivity index (χ1v) is 7.71. The first-order chi connectivity index (χ1) is 10.4. The number of alkyl halides is 3. The Morgan fingerprint density at radius 2 is 1.95 bits per heavy atom. The molecule has 7 heteroatoms. The predicted molar refractivity (Wildman–Crippen MR) is 79.8 cm³/mol. The lowest BCUT2D eigenvalue weighted by atomic mass is 10.1. The standard InChI is InChI=1S/C15H20ClF3N2O/c16-14-4-3-12(15(17,18)19)7-11(14)8-20-9-13(22)10-21-5-1-2-6-21/h3-4,7,13,20,22H,1-2,5-6,8-10H2. The lowest BCUT2D eigenvalue weighted by Gasteiger charge is -2.20. The minimum atomic E-state index is -4.38. The first kappa shape index (κ1) is 17.5. The van der Waals surface area contributed by atoms with Crippen LogP contribution in [0.1, 0.15) is 24.0 Å². The van der Waals surface area contributed by atoms with Crippen LogP contribution >= 0.6 is 11.6 Å². The monoisotopic (exact) mass is 336 g/mol. The Balaban J connectivity index is 1.83. The van der Waals surface area contributed by atoms with Crippen LogP contribution in [0.4, 0.5) is 13.2 Å². The van der Waals surface area contributed by atoms with Gasteiger partial charge in [0.05, 0.1) is 11.7 Å². The fourth-order valence-corrected chi connectivity index (χ4v) is 2.77. The minimum Gasteiger partial charge on any atom is -0.390 e. The van der Waals surface area contributed by atoms with Crippen molar-refractivity contribution in [3.63, 3.8) is 0 Å². The molecular weight excluding hydrogens is 317 g/mol. The molecule has 2 rings (SSSR count). The number of halogens is 4. The molecule has 1 aromatic rings. The number of β-amino-alcohol motifs (C(OH)–C–C–N with tert-alkyl or cyclic N) is 1. The zero-order chi connectivity index (χ0) is 16.2.